The summed E-state index contributed by atoms with van der Waals surface area (Å²) in [5.41, 5.74) is 2.38. The number of hydrogen-bond acceptors (Lipinski definition) is 3. The lowest BCUT2D eigenvalue weighted by Gasteiger charge is -2.28. The molecule has 1 aliphatic heterocycles. The number of aryl methyl sites for hydroxylation is 1. The molecule has 1 atom stereocenters. The number of sulfone groups is 1. The number of benzene rings is 3. The van der Waals surface area contributed by atoms with Gasteiger partial charge < -0.3 is 4.74 Å². The van der Waals surface area contributed by atoms with E-state index in [1.54, 1.807) is 24.3 Å². The smallest absolute Gasteiger partial charge is 0.189 e. The molecule has 24 heavy (non-hydrogen) atoms. The lowest BCUT2D eigenvalue weighted by atomic mass is 9.98. The molecule has 0 saturated carbocycles. The zero-order chi connectivity index (χ0) is 16.7. The summed E-state index contributed by atoms with van der Waals surface area (Å²) in [6, 6.07) is 21.6. The van der Waals surface area contributed by atoms with E-state index in [0.29, 0.717) is 27.5 Å². The maximum atomic E-state index is 13.4. The van der Waals surface area contributed by atoms with Crippen molar-refractivity contribution in [2.24, 2.45) is 0 Å². The van der Waals surface area contributed by atoms with Gasteiger partial charge in [-0.2, -0.15) is 0 Å². The molecule has 0 N–H and O–H groups in total. The van der Waals surface area contributed by atoms with Crippen LogP contribution in [-0.4, -0.2) is 8.42 Å². The molecule has 0 aromatic heterocycles. The summed E-state index contributed by atoms with van der Waals surface area (Å²) < 4.78 is 32.7. The van der Waals surface area contributed by atoms with Crippen LogP contribution in [0.15, 0.2) is 77.7 Å². The Hall–Kier alpha value is -2.59. The molecular formula is C20H16O3S. The van der Waals surface area contributed by atoms with Crippen molar-refractivity contribution in [2.45, 2.75) is 17.1 Å². The van der Waals surface area contributed by atoms with Gasteiger partial charge in [0.25, 0.3) is 0 Å². The fourth-order valence-electron chi connectivity index (χ4n) is 3.12. The molecule has 0 bridgehead atoms. The van der Waals surface area contributed by atoms with Crippen LogP contribution in [0, 0.1) is 6.92 Å². The van der Waals surface area contributed by atoms with E-state index in [2.05, 4.69) is 0 Å². The molecule has 0 aliphatic carbocycles. The van der Waals surface area contributed by atoms with E-state index < -0.39 is 15.1 Å². The lowest BCUT2D eigenvalue weighted by molar-refractivity contribution is 0.455. The third-order valence-electron chi connectivity index (χ3n) is 4.25. The third kappa shape index (κ3) is 2.31. The third-order valence-corrected chi connectivity index (χ3v) is 6.31. The van der Waals surface area contributed by atoms with Crippen molar-refractivity contribution >= 4 is 9.84 Å². The summed E-state index contributed by atoms with van der Waals surface area (Å²) in [6.45, 7) is 1.95. The van der Waals surface area contributed by atoms with Gasteiger partial charge in [0.15, 0.2) is 9.84 Å². The Labute approximate surface area is 141 Å². The lowest BCUT2D eigenvalue weighted by Crippen LogP contribution is -2.19. The Bertz CT molecular complexity index is 1010. The summed E-state index contributed by atoms with van der Waals surface area (Å²) in [5, 5.41) is -0.764. The van der Waals surface area contributed by atoms with Gasteiger partial charge in [0.2, 0.25) is 0 Å². The van der Waals surface area contributed by atoms with Crippen LogP contribution in [0.25, 0.3) is 0 Å². The minimum absolute atomic E-state index is 0.319. The first-order valence-electron chi connectivity index (χ1n) is 7.73. The predicted octanol–water partition coefficient (Wildman–Crippen LogP) is 4.66. The molecule has 4 rings (SSSR count). The summed E-state index contributed by atoms with van der Waals surface area (Å²) in [6.07, 6.45) is 0. The van der Waals surface area contributed by atoms with E-state index in [0.717, 1.165) is 5.56 Å². The molecule has 120 valence electrons. The summed E-state index contributed by atoms with van der Waals surface area (Å²) >= 11 is 0. The maximum absolute atomic E-state index is 13.4. The van der Waals surface area contributed by atoms with Gasteiger partial charge in [0.05, 0.1) is 4.90 Å². The second kappa shape index (κ2) is 5.49. The summed E-state index contributed by atoms with van der Waals surface area (Å²) in [5.74, 6) is 1.20. The Kier molecular flexibility index (Phi) is 3.43. The highest BCUT2D eigenvalue weighted by molar-refractivity contribution is 7.92. The normalized spacial score (nSPS) is 16.0. The molecule has 0 unspecified atom stereocenters. The van der Waals surface area contributed by atoms with E-state index in [1.807, 2.05) is 55.5 Å². The Balaban J connectivity index is 2.00. The molecule has 0 amide bonds. The number of para-hydroxylation sites is 1. The largest absolute Gasteiger partial charge is 0.457 e. The van der Waals surface area contributed by atoms with Crippen LogP contribution in [0.2, 0.25) is 0 Å². The average Bonchev–Trinajstić information content (AvgIpc) is 2.60. The molecule has 3 aromatic rings. The maximum Gasteiger partial charge on any atom is 0.189 e. The van der Waals surface area contributed by atoms with Gasteiger partial charge in [-0.25, -0.2) is 8.42 Å². The van der Waals surface area contributed by atoms with E-state index in [1.165, 1.54) is 0 Å². The standard InChI is InChI=1S/C20H16O3S/c1-14-11-12-19-17(13-14)20(16-9-5-6-10-18(16)23-19)24(21,22)15-7-3-2-4-8-15/h2-13,20H,1H3/t20-/m0/s1. The Morgan fingerprint density at radius 1 is 0.792 bits per heavy atom. The van der Waals surface area contributed by atoms with Crippen molar-refractivity contribution < 1.29 is 13.2 Å². The number of fused-ring (bicyclic) bond motifs is 2. The van der Waals surface area contributed by atoms with Crippen LogP contribution >= 0.6 is 0 Å². The molecule has 0 radical (unpaired) electrons. The Morgan fingerprint density at radius 3 is 2.25 bits per heavy atom. The second-order valence-corrected chi connectivity index (χ2v) is 7.95. The van der Waals surface area contributed by atoms with Crippen LogP contribution in [0.4, 0.5) is 0 Å². The molecule has 3 nitrogen and oxygen atoms in total. The zero-order valence-electron chi connectivity index (χ0n) is 13.1. The van der Waals surface area contributed by atoms with Gasteiger partial charge in [-0.3, -0.25) is 0 Å². The van der Waals surface area contributed by atoms with Gasteiger partial charge >= 0.3 is 0 Å². The van der Waals surface area contributed by atoms with Crippen molar-refractivity contribution in [2.75, 3.05) is 0 Å². The monoisotopic (exact) mass is 336 g/mol. The van der Waals surface area contributed by atoms with Crippen LogP contribution in [0.3, 0.4) is 0 Å². The number of ether oxygens (including phenoxy) is 1. The minimum atomic E-state index is -3.59. The average molecular weight is 336 g/mol. The van der Waals surface area contributed by atoms with Gasteiger partial charge in [-0.15, -0.1) is 0 Å². The topological polar surface area (TPSA) is 43.4 Å². The first kappa shape index (κ1) is 15.0. The quantitative estimate of drug-likeness (QED) is 0.683. The van der Waals surface area contributed by atoms with Gasteiger partial charge in [-0.1, -0.05) is 54.1 Å². The molecule has 4 heteroatoms. The van der Waals surface area contributed by atoms with Gasteiger partial charge in [-0.05, 0) is 31.2 Å². The van der Waals surface area contributed by atoms with E-state index in [4.69, 9.17) is 4.74 Å². The van der Waals surface area contributed by atoms with E-state index in [9.17, 15) is 8.42 Å². The van der Waals surface area contributed by atoms with Crippen molar-refractivity contribution in [3.05, 3.63) is 89.5 Å². The molecule has 0 fully saturated rings. The second-order valence-electron chi connectivity index (χ2n) is 5.92. The Morgan fingerprint density at radius 2 is 1.46 bits per heavy atom. The van der Waals surface area contributed by atoms with Crippen molar-refractivity contribution in [3.8, 4) is 11.5 Å². The summed E-state index contributed by atoms with van der Waals surface area (Å²) in [4.78, 5) is 0.319. The van der Waals surface area contributed by atoms with E-state index in [-0.39, 0.29) is 0 Å². The van der Waals surface area contributed by atoms with Crippen LogP contribution in [0.1, 0.15) is 21.9 Å². The number of rotatable bonds is 2. The highest BCUT2D eigenvalue weighted by Gasteiger charge is 2.37. The first-order valence-corrected chi connectivity index (χ1v) is 9.28. The van der Waals surface area contributed by atoms with Crippen molar-refractivity contribution in [1.29, 1.82) is 0 Å². The fraction of sp³-hybridized carbons (Fsp3) is 0.100. The molecule has 1 heterocycles. The zero-order valence-corrected chi connectivity index (χ0v) is 14.0. The van der Waals surface area contributed by atoms with E-state index >= 15 is 0 Å². The van der Waals surface area contributed by atoms with Crippen LogP contribution < -0.4 is 4.74 Å². The summed E-state index contributed by atoms with van der Waals surface area (Å²) in [7, 11) is -3.59. The number of hydrogen-bond donors (Lipinski definition) is 0. The van der Waals surface area contributed by atoms with Crippen LogP contribution in [0.5, 0.6) is 11.5 Å². The molecular weight excluding hydrogens is 320 g/mol. The molecule has 0 spiro atoms. The molecule has 0 saturated heterocycles. The van der Waals surface area contributed by atoms with Crippen molar-refractivity contribution in [1.82, 2.24) is 0 Å². The fourth-order valence-corrected chi connectivity index (χ4v) is 4.98. The molecule has 1 aliphatic rings. The van der Waals surface area contributed by atoms with Gasteiger partial charge in [0, 0.05) is 11.1 Å². The predicted molar refractivity (Wildman–Crippen MR) is 93.2 cm³/mol. The van der Waals surface area contributed by atoms with Crippen molar-refractivity contribution in [3.63, 3.8) is 0 Å². The van der Waals surface area contributed by atoms with Gasteiger partial charge in [0.1, 0.15) is 16.7 Å². The first-order chi connectivity index (χ1) is 11.6. The SMILES string of the molecule is Cc1ccc2c(c1)[C@@H](S(=O)(=O)c1ccccc1)c1ccccc1O2. The molecule has 3 aromatic carbocycles. The minimum Gasteiger partial charge on any atom is -0.457 e. The van der Waals surface area contributed by atoms with Crippen LogP contribution in [-0.2, 0) is 9.84 Å². The highest BCUT2D eigenvalue weighted by atomic mass is 32.2. The highest BCUT2D eigenvalue weighted by Crippen LogP contribution is 2.48.